The van der Waals surface area contributed by atoms with Crippen molar-refractivity contribution < 1.29 is 23.9 Å². The molecule has 1 fully saturated rings. The number of hydrogen-bond acceptors (Lipinski definition) is 5. The van der Waals surface area contributed by atoms with E-state index in [1.165, 1.54) is 5.56 Å². The predicted molar refractivity (Wildman–Crippen MR) is 113 cm³/mol. The van der Waals surface area contributed by atoms with Crippen LogP contribution in [0.5, 0.6) is 5.75 Å². The standard InChI is InChI=1S/C22H33N3O5/c1-15-6-7-18(12-16(15)2)29-14-19(26)24-17-8-10-25(11-9-17)20(27)13-23-21(28)30-22(3,4)5/h6-7,12,17H,8-11,13-14H2,1-5H3,(H,23,28)(H,24,26). The highest BCUT2D eigenvalue weighted by atomic mass is 16.6. The summed E-state index contributed by atoms with van der Waals surface area (Å²) in [7, 11) is 0. The van der Waals surface area contributed by atoms with E-state index in [1.807, 2.05) is 32.0 Å². The highest BCUT2D eigenvalue weighted by molar-refractivity contribution is 5.82. The zero-order chi connectivity index (χ0) is 22.3. The fourth-order valence-corrected chi connectivity index (χ4v) is 3.07. The molecule has 166 valence electrons. The van der Waals surface area contributed by atoms with Crippen LogP contribution in [0.2, 0.25) is 0 Å². The largest absolute Gasteiger partial charge is 0.484 e. The summed E-state index contributed by atoms with van der Waals surface area (Å²) in [5.74, 6) is 0.333. The lowest BCUT2D eigenvalue weighted by Crippen LogP contribution is -2.49. The molecule has 1 saturated heterocycles. The van der Waals surface area contributed by atoms with Gasteiger partial charge in [-0.15, -0.1) is 0 Å². The molecule has 1 aromatic carbocycles. The highest BCUT2D eigenvalue weighted by Crippen LogP contribution is 2.16. The van der Waals surface area contributed by atoms with Gasteiger partial charge in [-0.3, -0.25) is 9.59 Å². The highest BCUT2D eigenvalue weighted by Gasteiger charge is 2.25. The van der Waals surface area contributed by atoms with Crippen molar-refractivity contribution in [1.29, 1.82) is 0 Å². The van der Waals surface area contributed by atoms with Crippen LogP contribution in [0.25, 0.3) is 0 Å². The first kappa shape index (κ1) is 23.5. The second-order valence-corrected chi connectivity index (χ2v) is 8.61. The quantitative estimate of drug-likeness (QED) is 0.738. The number of hydrogen-bond donors (Lipinski definition) is 2. The Hall–Kier alpha value is -2.77. The normalized spacial score (nSPS) is 14.8. The van der Waals surface area contributed by atoms with E-state index in [0.29, 0.717) is 31.7 Å². The smallest absolute Gasteiger partial charge is 0.408 e. The van der Waals surface area contributed by atoms with Gasteiger partial charge < -0.3 is 25.0 Å². The van der Waals surface area contributed by atoms with Gasteiger partial charge in [0.2, 0.25) is 5.91 Å². The average Bonchev–Trinajstić information content (AvgIpc) is 2.66. The number of aryl methyl sites for hydroxylation is 2. The zero-order valence-corrected chi connectivity index (χ0v) is 18.5. The summed E-state index contributed by atoms with van der Waals surface area (Å²) in [5, 5.41) is 5.44. The maximum absolute atomic E-state index is 12.3. The summed E-state index contributed by atoms with van der Waals surface area (Å²) in [6, 6.07) is 5.74. The van der Waals surface area contributed by atoms with Gasteiger partial charge in [0.25, 0.3) is 5.91 Å². The van der Waals surface area contributed by atoms with Crippen LogP contribution in [0.3, 0.4) is 0 Å². The molecule has 8 nitrogen and oxygen atoms in total. The van der Waals surface area contributed by atoms with Crippen molar-refractivity contribution in [2.75, 3.05) is 26.2 Å². The minimum absolute atomic E-state index is 0.00344. The number of likely N-dealkylation sites (tertiary alicyclic amines) is 1. The summed E-state index contributed by atoms with van der Waals surface area (Å²) in [6.45, 7) is 10.2. The van der Waals surface area contributed by atoms with Crippen molar-refractivity contribution in [2.45, 2.75) is 59.1 Å². The van der Waals surface area contributed by atoms with Gasteiger partial charge in [0, 0.05) is 19.1 Å². The molecule has 0 aromatic heterocycles. The Morgan fingerprint density at radius 1 is 1.10 bits per heavy atom. The van der Waals surface area contributed by atoms with Crippen LogP contribution in [0.1, 0.15) is 44.7 Å². The molecular formula is C22H33N3O5. The topological polar surface area (TPSA) is 97.0 Å². The summed E-state index contributed by atoms with van der Waals surface area (Å²) in [6.07, 6.45) is 0.711. The van der Waals surface area contributed by atoms with Crippen LogP contribution in [0.4, 0.5) is 4.79 Å². The Bertz CT molecular complexity index is 765. The Morgan fingerprint density at radius 3 is 2.37 bits per heavy atom. The fraction of sp³-hybridized carbons (Fsp3) is 0.591. The van der Waals surface area contributed by atoms with Crippen molar-refractivity contribution in [3.8, 4) is 5.75 Å². The van der Waals surface area contributed by atoms with E-state index < -0.39 is 11.7 Å². The first-order chi connectivity index (χ1) is 14.0. The molecule has 0 bridgehead atoms. The number of ether oxygens (including phenoxy) is 2. The van der Waals surface area contributed by atoms with Gasteiger partial charge in [-0.25, -0.2) is 4.79 Å². The summed E-state index contributed by atoms with van der Waals surface area (Å²) in [4.78, 5) is 37.8. The molecule has 2 N–H and O–H groups in total. The minimum Gasteiger partial charge on any atom is -0.484 e. The van der Waals surface area contributed by atoms with Crippen molar-refractivity contribution >= 4 is 17.9 Å². The summed E-state index contributed by atoms with van der Waals surface area (Å²) in [5.41, 5.74) is 1.69. The number of piperidine rings is 1. The van der Waals surface area contributed by atoms with E-state index in [4.69, 9.17) is 9.47 Å². The molecule has 0 atom stereocenters. The SMILES string of the molecule is Cc1ccc(OCC(=O)NC2CCN(C(=O)CNC(=O)OC(C)(C)C)CC2)cc1C. The number of benzene rings is 1. The summed E-state index contributed by atoms with van der Waals surface area (Å²) < 4.78 is 10.7. The van der Waals surface area contributed by atoms with Crippen LogP contribution < -0.4 is 15.4 Å². The first-order valence-corrected chi connectivity index (χ1v) is 10.3. The zero-order valence-electron chi connectivity index (χ0n) is 18.5. The molecule has 1 aliphatic heterocycles. The lowest BCUT2D eigenvalue weighted by Gasteiger charge is -2.32. The van der Waals surface area contributed by atoms with Gasteiger partial charge in [0.15, 0.2) is 6.61 Å². The number of nitrogens with zero attached hydrogens (tertiary/aromatic N) is 1. The van der Waals surface area contributed by atoms with Crippen molar-refractivity contribution in [3.63, 3.8) is 0 Å². The van der Waals surface area contributed by atoms with Crippen LogP contribution in [-0.2, 0) is 14.3 Å². The van der Waals surface area contributed by atoms with Crippen molar-refractivity contribution in [3.05, 3.63) is 29.3 Å². The minimum atomic E-state index is -0.609. The molecular weight excluding hydrogens is 386 g/mol. The second kappa shape index (κ2) is 10.3. The Balaban J connectivity index is 1.67. The molecule has 2 rings (SSSR count). The number of rotatable bonds is 6. The van der Waals surface area contributed by atoms with Gasteiger partial charge in [-0.1, -0.05) is 6.07 Å². The van der Waals surface area contributed by atoms with Crippen molar-refractivity contribution in [1.82, 2.24) is 15.5 Å². The first-order valence-electron chi connectivity index (χ1n) is 10.3. The number of nitrogens with one attached hydrogen (secondary N) is 2. The molecule has 8 heteroatoms. The molecule has 0 aliphatic carbocycles. The number of carbonyl (C=O) groups is 3. The van der Waals surface area contributed by atoms with Gasteiger partial charge >= 0.3 is 6.09 Å². The Kier molecular flexibility index (Phi) is 8.08. The van der Waals surface area contributed by atoms with Gasteiger partial charge in [-0.05, 0) is 70.7 Å². The third kappa shape index (κ3) is 7.93. The van der Waals surface area contributed by atoms with Gasteiger partial charge in [0.05, 0.1) is 0 Å². The maximum atomic E-state index is 12.3. The lowest BCUT2D eigenvalue weighted by atomic mass is 10.0. The van der Waals surface area contributed by atoms with Crippen molar-refractivity contribution in [2.24, 2.45) is 0 Å². The molecule has 1 aliphatic rings. The van der Waals surface area contributed by atoms with E-state index >= 15 is 0 Å². The van der Waals surface area contributed by atoms with E-state index in [-0.39, 0.29) is 31.0 Å². The molecule has 0 unspecified atom stereocenters. The van der Waals surface area contributed by atoms with E-state index in [0.717, 1.165) is 5.56 Å². The molecule has 3 amide bonds. The average molecular weight is 420 g/mol. The monoisotopic (exact) mass is 419 g/mol. The van der Waals surface area contributed by atoms with Crippen LogP contribution in [0.15, 0.2) is 18.2 Å². The fourth-order valence-electron chi connectivity index (χ4n) is 3.07. The van der Waals surface area contributed by atoms with Crippen LogP contribution in [-0.4, -0.2) is 60.7 Å². The predicted octanol–water partition coefficient (Wildman–Crippen LogP) is 2.31. The summed E-state index contributed by atoms with van der Waals surface area (Å²) >= 11 is 0. The third-order valence-electron chi connectivity index (χ3n) is 4.84. The molecule has 1 heterocycles. The number of carbonyl (C=O) groups excluding carboxylic acids is 3. The van der Waals surface area contributed by atoms with E-state index in [9.17, 15) is 14.4 Å². The second-order valence-electron chi connectivity index (χ2n) is 8.61. The number of amides is 3. The molecule has 30 heavy (non-hydrogen) atoms. The van der Waals surface area contributed by atoms with Crippen LogP contribution >= 0.6 is 0 Å². The molecule has 0 spiro atoms. The van der Waals surface area contributed by atoms with Crippen LogP contribution in [0, 0.1) is 13.8 Å². The lowest BCUT2D eigenvalue weighted by molar-refractivity contribution is -0.131. The van der Waals surface area contributed by atoms with Gasteiger partial charge in [-0.2, -0.15) is 0 Å². The third-order valence-corrected chi connectivity index (χ3v) is 4.84. The Labute approximate surface area is 178 Å². The Morgan fingerprint density at radius 2 is 1.77 bits per heavy atom. The van der Waals surface area contributed by atoms with Gasteiger partial charge in [0.1, 0.15) is 17.9 Å². The molecule has 0 radical (unpaired) electrons. The van der Waals surface area contributed by atoms with E-state index in [1.54, 1.807) is 25.7 Å². The molecule has 0 saturated carbocycles. The maximum Gasteiger partial charge on any atom is 0.408 e. The van der Waals surface area contributed by atoms with E-state index in [2.05, 4.69) is 10.6 Å². The number of alkyl carbamates (subject to hydrolysis) is 1. The molecule has 1 aromatic rings.